The van der Waals surface area contributed by atoms with Crippen molar-refractivity contribution < 1.29 is 43.3 Å². The Kier molecular flexibility index (Phi) is 8.19. The molecule has 4 aliphatic rings. The highest BCUT2D eigenvalue weighted by Gasteiger charge is 2.74. The van der Waals surface area contributed by atoms with Gasteiger partial charge in [-0.25, -0.2) is 0 Å². The number of aliphatic hydroxyl groups is 1. The van der Waals surface area contributed by atoms with Gasteiger partial charge in [0.1, 0.15) is 36.6 Å². The van der Waals surface area contributed by atoms with E-state index in [9.17, 15) is 19.2 Å². The summed E-state index contributed by atoms with van der Waals surface area (Å²) in [4.78, 5) is 59.3. The SMILES string of the molecule is CN(C)C(=O)C=Cc1ccccc1CN1O[C@@H]2[C@H]3OCO[C@H]3[C@@H]3C[C@]2(C(=O)NCCC(=O)NCCO)[C@@H]1C(=O)O3. The van der Waals surface area contributed by atoms with Crippen LogP contribution in [0.5, 0.6) is 0 Å². The van der Waals surface area contributed by atoms with Crippen molar-refractivity contribution in [3.05, 3.63) is 41.5 Å². The summed E-state index contributed by atoms with van der Waals surface area (Å²) in [5, 5.41) is 15.7. The first-order valence-corrected chi connectivity index (χ1v) is 13.3. The molecular formula is C27H34N4O9. The highest BCUT2D eigenvalue weighted by atomic mass is 16.8. The van der Waals surface area contributed by atoms with E-state index in [1.165, 1.54) is 16.0 Å². The number of nitrogens with zero attached hydrogens (tertiary/aromatic N) is 2. The van der Waals surface area contributed by atoms with Crippen LogP contribution in [0.3, 0.4) is 0 Å². The number of ether oxygens (including phenoxy) is 3. The summed E-state index contributed by atoms with van der Waals surface area (Å²) in [5.41, 5.74) is 0.196. The van der Waals surface area contributed by atoms with Gasteiger partial charge in [-0.3, -0.25) is 24.0 Å². The Morgan fingerprint density at radius 2 is 1.93 bits per heavy atom. The lowest BCUT2D eigenvalue weighted by atomic mass is 9.62. The van der Waals surface area contributed by atoms with E-state index in [1.54, 1.807) is 20.2 Å². The minimum Gasteiger partial charge on any atom is -0.458 e. The fourth-order valence-corrected chi connectivity index (χ4v) is 5.89. The third-order valence-corrected chi connectivity index (χ3v) is 7.79. The number of hydrogen-bond acceptors (Lipinski definition) is 10. The molecule has 13 nitrogen and oxygen atoms in total. The second-order valence-corrected chi connectivity index (χ2v) is 10.4. The first-order chi connectivity index (χ1) is 19.3. The Balaban J connectivity index is 1.41. The average molecular weight is 559 g/mol. The van der Waals surface area contributed by atoms with Gasteiger partial charge in [-0.2, -0.15) is 5.06 Å². The smallest absolute Gasteiger partial charge is 0.327 e. The van der Waals surface area contributed by atoms with E-state index in [4.69, 9.17) is 24.2 Å². The summed E-state index contributed by atoms with van der Waals surface area (Å²) in [6, 6.07) is 6.32. The molecule has 3 heterocycles. The van der Waals surface area contributed by atoms with Gasteiger partial charge in [0.25, 0.3) is 0 Å². The van der Waals surface area contributed by atoms with Gasteiger partial charge >= 0.3 is 5.97 Å². The van der Waals surface area contributed by atoms with Gasteiger partial charge in [-0.1, -0.05) is 24.3 Å². The summed E-state index contributed by atoms with van der Waals surface area (Å²) in [7, 11) is 3.32. The summed E-state index contributed by atoms with van der Waals surface area (Å²) in [6.45, 7) is 0.100. The van der Waals surface area contributed by atoms with Crippen LogP contribution < -0.4 is 10.6 Å². The standard InChI is InChI=1S/C27H34N4O9/c1-30(2)20(34)8-7-16-5-3-4-6-17(16)14-31-23-25(35)39-18-13-27(23,24(40-31)22-21(18)37-15-38-22)26(36)29-10-9-19(33)28-11-12-32/h3-8,18,21-24,32H,9-15H2,1-2H3,(H,28,33)(H,29,36)/t18-,21-,22-,23-,24+,27-/m0/s1. The number of aliphatic hydroxyl groups excluding tert-OH is 1. The topological polar surface area (TPSA) is 156 Å². The molecule has 4 fully saturated rings. The summed E-state index contributed by atoms with van der Waals surface area (Å²) < 4.78 is 17.3. The van der Waals surface area contributed by atoms with Crippen LogP contribution in [0.25, 0.3) is 6.08 Å². The quantitative estimate of drug-likeness (QED) is 0.239. The van der Waals surface area contributed by atoms with Crippen molar-refractivity contribution in [1.82, 2.24) is 20.6 Å². The first-order valence-electron chi connectivity index (χ1n) is 13.3. The molecule has 1 aliphatic carbocycles. The van der Waals surface area contributed by atoms with Gasteiger partial charge in [0.2, 0.25) is 17.7 Å². The molecule has 1 aromatic carbocycles. The van der Waals surface area contributed by atoms with Gasteiger partial charge in [0.15, 0.2) is 6.04 Å². The van der Waals surface area contributed by atoms with Gasteiger partial charge in [0, 0.05) is 46.1 Å². The predicted octanol–water partition coefficient (Wildman–Crippen LogP) is -1.06. The Labute approximate surface area is 231 Å². The second-order valence-electron chi connectivity index (χ2n) is 10.4. The molecule has 3 N–H and O–H groups in total. The lowest BCUT2D eigenvalue weighted by Crippen LogP contribution is -2.69. The monoisotopic (exact) mass is 558 g/mol. The van der Waals surface area contributed by atoms with Crippen LogP contribution in [-0.4, -0.2) is 110 Å². The van der Waals surface area contributed by atoms with Gasteiger partial charge in [-0.15, -0.1) is 0 Å². The molecule has 0 aromatic heterocycles. The summed E-state index contributed by atoms with van der Waals surface area (Å²) in [6.07, 6.45) is 0.645. The second kappa shape index (κ2) is 11.6. The van der Waals surface area contributed by atoms with E-state index in [2.05, 4.69) is 10.6 Å². The summed E-state index contributed by atoms with van der Waals surface area (Å²) >= 11 is 0. The van der Waals surface area contributed by atoms with Crippen LogP contribution in [0.4, 0.5) is 0 Å². The molecule has 0 spiro atoms. The van der Waals surface area contributed by atoms with Crippen molar-refractivity contribution in [2.75, 3.05) is 40.6 Å². The minimum atomic E-state index is -1.33. The number of amides is 3. The van der Waals surface area contributed by atoms with Crippen LogP contribution >= 0.6 is 0 Å². The largest absolute Gasteiger partial charge is 0.458 e. The van der Waals surface area contributed by atoms with Crippen LogP contribution in [0.15, 0.2) is 30.3 Å². The molecule has 6 atom stereocenters. The van der Waals surface area contributed by atoms with E-state index < -0.39 is 47.7 Å². The molecule has 0 radical (unpaired) electrons. The molecule has 13 heteroatoms. The van der Waals surface area contributed by atoms with E-state index in [-0.39, 0.29) is 57.7 Å². The van der Waals surface area contributed by atoms with Crippen LogP contribution in [0.1, 0.15) is 24.0 Å². The predicted molar refractivity (Wildman–Crippen MR) is 138 cm³/mol. The number of carbonyl (C=O) groups is 4. The summed E-state index contributed by atoms with van der Waals surface area (Å²) in [5.74, 6) is -1.52. The maximum absolute atomic E-state index is 13.9. The molecule has 5 rings (SSSR count). The molecular weight excluding hydrogens is 524 g/mol. The molecule has 3 amide bonds. The van der Waals surface area contributed by atoms with Crippen molar-refractivity contribution in [1.29, 1.82) is 0 Å². The molecule has 216 valence electrons. The molecule has 40 heavy (non-hydrogen) atoms. The Bertz CT molecular complexity index is 1190. The lowest BCUT2D eigenvalue weighted by Gasteiger charge is -2.48. The van der Waals surface area contributed by atoms with Crippen LogP contribution in [0.2, 0.25) is 0 Å². The van der Waals surface area contributed by atoms with E-state index >= 15 is 0 Å². The maximum Gasteiger partial charge on any atom is 0.327 e. The van der Waals surface area contributed by atoms with E-state index in [1.807, 2.05) is 24.3 Å². The third-order valence-electron chi connectivity index (χ3n) is 7.79. The maximum atomic E-state index is 13.9. The third kappa shape index (κ3) is 5.10. The van der Waals surface area contributed by atoms with Crippen LogP contribution in [-0.2, 0) is 44.8 Å². The van der Waals surface area contributed by atoms with Crippen molar-refractivity contribution in [3.8, 4) is 0 Å². The van der Waals surface area contributed by atoms with Gasteiger partial charge < -0.3 is 34.9 Å². The number of benzene rings is 1. The number of hydroxylamine groups is 2. The molecule has 0 unspecified atom stereocenters. The zero-order valence-corrected chi connectivity index (χ0v) is 22.4. The van der Waals surface area contributed by atoms with Crippen molar-refractivity contribution >= 4 is 29.8 Å². The normalized spacial score (nSPS) is 30.6. The number of carbonyl (C=O) groups excluding carboxylic acids is 4. The molecule has 3 aliphatic heterocycles. The van der Waals surface area contributed by atoms with Crippen molar-refractivity contribution in [2.24, 2.45) is 5.41 Å². The highest BCUT2D eigenvalue weighted by Crippen LogP contribution is 2.55. The van der Waals surface area contributed by atoms with Crippen molar-refractivity contribution in [3.63, 3.8) is 0 Å². The molecule has 3 saturated heterocycles. The van der Waals surface area contributed by atoms with E-state index in [0.717, 1.165) is 11.1 Å². The number of likely N-dealkylation sites (N-methyl/N-ethyl adjacent to an activating group) is 1. The lowest BCUT2D eigenvalue weighted by molar-refractivity contribution is -0.201. The number of hydrogen-bond donors (Lipinski definition) is 3. The number of nitrogens with one attached hydrogen (secondary N) is 2. The number of fused-ring (bicyclic) bond motifs is 4. The van der Waals surface area contributed by atoms with Crippen molar-refractivity contribution in [2.45, 2.75) is 49.8 Å². The molecule has 2 bridgehead atoms. The first kappa shape index (κ1) is 28.2. The molecule has 1 aromatic rings. The fraction of sp³-hybridized carbons (Fsp3) is 0.556. The van der Waals surface area contributed by atoms with Gasteiger partial charge in [0.05, 0.1) is 13.2 Å². The highest BCUT2D eigenvalue weighted by molar-refractivity contribution is 5.94. The Morgan fingerprint density at radius 3 is 2.70 bits per heavy atom. The Hall–Kier alpha value is -3.36. The van der Waals surface area contributed by atoms with E-state index in [0.29, 0.717) is 0 Å². The number of rotatable bonds is 10. The molecule has 1 saturated carbocycles. The zero-order valence-electron chi connectivity index (χ0n) is 22.4. The fourth-order valence-electron chi connectivity index (χ4n) is 5.89. The zero-order chi connectivity index (χ0) is 28.4. The van der Waals surface area contributed by atoms with Gasteiger partial charge in [-0.05, 0) is 17.2 Å². The average Bonchev–Trinajstić information content (AvgIpc) is 3.56. The van der Waals surface area contributed by atoms with Crippen LogP contribution in [0, 0.1) is 5.41 Å². The Morgan fingerprint density at radius 1 is 1.15 bits per heavy atom. The number of esters is 1. The minimum absolute atomic E-state index is 0.00659.